The largest absolute Gasteiger partial charge is 0.402 e. The summed E-state index contributed by atoms with van der Waals surface area (Å²) in [5.74, 6) is 0.0303. The molecule has 0 fully saturated rings. The summed E-state index contributed by atoms with van der Waals surface area (Å²) in [4.78, 5) is 15.6. The van der Waals surface area contributed by atoms with Crippen LogP contribution in [0.4, 0.5) is 0 Å². The number of nitrogens with zero attached hydrogens (tertiary/aromatic N) is 1. The number of hydrogen-bond donors (Lipinski definition) is 0. The van der Waals surface area contributed by atoms with Gasteiger partial charge in [-0.2, -0.15) is 0 Å². The number of carbonyl (C=O) groups is 1. The summed E-state index contributed by atoms with van der Waals surface area (Å²) in [6, 6.07) is 8.09. The quantitative estimate of drug-likeness (QED) is 0.459. The Morgan fingerprint density at radius 2 is 1.95 bits per heavy atom. The second-order valence-corrected chi connectivity index (χ2v) is 4.63. The summed E-state index contributed by atoms with van der Waals surface area (Å²) in [6.45, 7) is 3.98. The molecule has 2 rings (SSSR count). The van der Waals surface area contributed by atoms with Crippen molar-refractivity contribution in [1.82, 2.24) is 0 Å². The molecule has 0 bridgehead atoms. The van der Waals surface area contributed by atoms with Crippen molar-refractivity contribution >= 4 is 11.9 Å². The zero-order valence-electron chi connectivity index (χ0n) is 11.5. The smallest absolute Gasteiger partial charge is 0.363 e. The van der Waals surface area contributed by atoms with Gasteiger partial charge in [0.05, 0.1) is 0 Å². The molecule has 0 aromatic heterocycles. The van der Waals surface area contributed by atoms with Crippen LogP contribution in [0.1, 0.15) is 44.2 Å². The van der Waals surface area contributed by atoms with Crippen LogP contribution in [-0.2, 0) is 16.0 Å². The maximum absolute atomic E-state index is 11.4. The molecule has 1 aromatic rings. The Labute approximate surface area is 114 Å². The predicted molar refractivity (Wildman–Crippen MR) is 76.1 cm³/mol. The van der Waals surface area contributed by atoms with Crippen LogP contribution in [0.3, 0.4) is 0 Å². The van der Waals surface area contributed by atoms with Crippen molar-refractivity contribution in [1.29, 1.82) is 0 Å². The third-order valence-electron chi connectivity index (χ3n) is 3.16. The Hall–Kier alpha value is -1.90. The lowest BCUT2D eigenvalue weighted by molar-refractivity contribution is -0.130. The number of aryl methyl sites for hydroxylation is 1. The van der Waals surface area contributed by atoms with Crippen molar-refractivity contribution < 1.29 is 9.53 Å². The van der Waals surface area contributed by atoms with Crippen LogP contribution >= 0.6 is 0 Å². The van der Waals surface area contributed by atoms with E-state index in [2.05, 4.69) is 24.0 Å². The maximum Gasteiger partial charge on any atom is 0.363 e. The van der Waals surface area contributed by atoms with E-state index in [1.807, 2.05) is 12.1 Å². The van der Waals surface area contributed by atoms with Crippen molar-refractivity contribution in [3.8, 4) is 0 Å². The van der Waals surface area contributed by atoms with Crippen LogP contribution in [0.15, 0.2) is 41.0 Å². The lowest BCUT2D eigenvalue weighted by atomic mass is 10.1. The second kappa shape index (κ2) is 6.32. The van der Waals surface area contributed by atoms with E-state index in [1.165, 1.54) is 24.8 Å². The summed E-state index contributed by atoms with van der Waals surface area (Å²) in [5.41, 5.74) is 2.54. The van der Waals surface area contributed by atoms with Gasteiger partial charge in [0.2, 0.25) is 5.90 Å². The van der Waals surface area contributed by atoms with Gasteiger partial charge >= 0.3 is 5.97 Å². The molecular weight excluding hydrogens is 238 g/mol. The average molecular weight is 257 g/mol. The number of cyclic esters (lactones) is 1. The van der Waals surface area contributed by atoms with Crippen molar-refractivity contribution in [2.45, 2.75) is 39.5 Å². The topological polar surface area (TPSA) is 38.7 Å². The third kappa shape index (κ3) is 3.31. The predicted octanol–water partition coefficient (Wildman–Crippen LogP) is 3.63. The second-order valence-electron chi connectivity index (χ2n) is 4.63. The third-order valence-corrected chi connectivity index (χ3v) is 3.16. The first kappa shape index (κ1) is 13.5. The molecule has 0 unspecified atom stereocenters. The van der Waals surface area contributed by atoms with E-state index >= 15 is 0 Å². The molecule has 0 N–H and O–H groups in total. The van der Waals surface area contributed by atoms with Gasteiger partial charge in [-0.15, -0.1) is 0 Å². The summed E-state index contributed by atoms with van der Waals surface area (Å²) >= 11 is 0. The average Bonchev–Trinajstić information content (AvgIpc) is 2.81. The molecular formula is C16H19NO2. The maximum atomic E-state index is 11.4. The van der Waals surface area contributed by atoms with Crippen molar-refractivity contribution in [3.63, 3.8) is 0 Å². The van der Waals surface area contributed by atoms with E-state index in [0.29, 0.717) is 11.6 Å². The van der Waals surface area contributed by atoms with Crippen molar-refractivity contribution in [2.75, 3.05) is 0 Å². The summed E-state index contributed by atoms with van der Waals surface area (Å²) in [6.07, 6.45) is 6.47. The number of hydrogen-bond acceptors (Lipinski definition) is 3. The molecule has 1 aromatic carbocycles. The molecule has 1 aliphatic rings. The van der Waals surface area contributed by atoms with Gasteiger partial charge in [0.1, 0.15) is 5.70 Å². The van der Waals surface area contributed by atoms with Gasteiger partial charge in [-0.25, -0.2) is 9.79 Å². The van der Waals surface area contributed by atoms with Crippen molar-refractivity contribution in [2.24, 2.45) is 4.99 Å². The minimum absolute atomic E-state index is 0.371. The lowest BCUT2D eigenvalue weighted by Gasteiger charge is -2.03. The van der Waals surface area contributed by atoms with Crippen molar-refractivity contribution in [3.05, 3.63) is 47.2 Å². The highest BCUT2D eigenvalue weighted by atomic mass is 16.6. The first-order valence-corrected chi connectivity index (χ1v) is 6.81. The van der Waals surface area contributed by atoms with E-state index < -0.39 is 0 Å². The monoisotopic (exact) mass is 257 g/mol. The fourth-order valence-electron chi connectivity index (χ4n) is 2.02. The summed E-state index contributed by atoms with van der Waals surface area (Å²) in [5, 5.41) is 0. The Morgan fingerprint density at radius 1 is 1.21 bits per heavy atom. The van der Waals surface area contributed by atoms with E-state index in [-0.39, 0.29) is 5.97 Å². The first-order chi connectivity index (χ1) is 9.24. The number of benzene rings is 1. The molecule has 0 amide bonds. The Bertz CT molecular complexity index is 512. The fourth-order valence-corrected chi connectivity index (χ4v) is 2.02. The Balaban J connectivity index is 2.05. The molecule has 0 aliphatic carbocycles. The van der Waals surface area contributed by atoms with Gasteiger partial charge in [0, 0.05) is 5.56 Å². The Kier molecular flexibility index (Phi) is 4.50. The van der Waals surface area contributed by atoms with E-state index in [1.54, 1.807) is 13.0 Å². The fraction of sp³-hybridized carbons (Fsp3) is 0.375. The van der Waals surface area contributed by atoms with Crippen LogP contribution in [0.5, 0.6) is 0 Å². The molecule has 0 spiro atoms. The molecule has 3 heteroatoms. The van der Waals surface area contributed by atoms with E-state index in [0.717, 1.165) is 12.0 Å². The number of ether oxygens (including phenoxy) is 1. The molecule has 0 saturated carbocycles. The number of rotatable bonds is 5. The highest BCUT2D eigenvalue weighted by Crippen LogP contribution is 2.17. The molecule has 1 aliphatic heterocycles. The molecule has 0 radical (unpaired) electrons. The number of allylic oxidation sites excluding steroid dienone is 1. The zero-order valence-corrected chi connectivity index (χ0v) is 11.5. The minimum Gasteiger partial charge on any atom is -0.402 e. The van der Waals surface area contributed by atoms with Gasteiger partial charge in [-0.1, -0.05) is 38.0 Å². The molecule has 1 heterocycles. The lowest BCUT2D eigenvalue weighted by Crippen LogP contribution is -2.05. The van der Waals surface area contributed by atoms with Crippen LogP contribution < -0.4 is 0 Å². The SMILES string of the molecule is C/C=C1\N=C(c2ccc(CCCCC)cc2)OC1=O. The van der Waals surface area contributed by atoms with Gasteiger partial charge < -0.3 is 4.74 Å². The van der Waals surface area contributed by atoms with Crippen LogP contribution in [-0.4, -0.2) is 11.9 Å². The molecule has 0 atom stereocenters. The van der Waals surface area contributed by atoms with Crippen LogP contribution in [0, 0.1) is 0 Å². The summed E-state index contributed by atoms with van der Waals surface area (Å²) in [7, 11) is 0. The highest BCUT2D eigenvalue weighted by molar-refractivity contribution is 6.11. The summed E-state index contributed by atoms with van der Waals surface area (Å²) < 4.78 is 5.13. The zero-order chi connectivity index (χ0) is 13.7. The molecule has 100 valence electrons. The highest BCUT2D eigenvalue weighted by Gasteiger charge is 2.22. The van der Waals surface area contributed by atoms with Gasteiger partial charge in [-0.3, -0.25) is 0 Å². The Morgan fingerprint density at radius 3 is 2.53 bits per heavy atom. The van der Waals surface area contributed by atoms with Gasteiger partial charge in [0.25, 0.3) is 0 Å². The number of esters is 1. The number of aliphatic imine (C=N–C) groups is 1. The number of unbranched alkanes of at least 4 members (excludes halogenated alkanes) is 2. The minimum atomic E-state index is -0.371. The number of carbonyl (C=O) groups excluding carboxylic acids is 1. The standard InChI is InChI=1S/C16H19NO2/c1-3-5-6-7-12-8-10-13(11-9-12)15-17-14(4-2)16(18)19-15/h4,8-11H,3,5-7H2,1-2H3/b14-4-. The molecule has 0 saturated heterocycles. The first-order valence-electron chi connectivity index (χ1n) is 6.81. The van der Waals surface area contributed by atoms with E-state index in [4.69, 9.17) is 4.74 Å². The molecule has 19 heavy (non-hydrogen) atoms. The normalized spacial score (nSPS) is 16.6. The van der Waals surface area contributed by atoms with Crippen LogP contribution in [0.2, 0.25) is 0 Å². The molecule has 3 nitrogen and oxygen atoms in total. The van der Waals surface area contributed by atoms with Gasteiger partial charge in [-0.05, 0) is 37.5 Å². The van der Waals surface area contributed by atoms with Gasteiger partial charge in [0.15, 0.2) is 0 Å². The van der Waals surface area contributed by atoms with Crippen LogP contribution in [0.25, 0.3) is 0 Å². The van der Waals surface area contributed by atoms with E-state index in [9.17, 15) is 4.79 Å².